The molecule has 2 aromatic rings. The molecular weight excluding hydrogens is 364 g/mol. The van der Waals surface area contributed by atoms with Crippen LogP contribution in [0.4, 0.5) is 5.82 Å². The van der Waals surface area contributed by atoms with Gasteiger partial charge in [-0.25, -0.2) is 4.98 Å². The lowest BCUT2D eigenvalue weighted by molar-refractivity contribution is -0.136. The molecule has 1 aliphatic rings. The maximum absolute atomic E-state index is 12.2. The predicted octanol–water partition coefficient (Wildman–Crippen LogP) is 0.450. The lowest BCUT2D eigenvalue weighted by Gasteiger charge is -2.11. The Balaban J connectivity index is 1.74. The summed E-state index contributed by atoms with van der Waals surface area (Å²) >= 11 is 0. The van der Waals surface area contributed by atoms with E-state index in [1.54, 1.807) is 13.0 Å². The minimum atomic E-state index is -0.828. The Morgan fingerprint density at radius 3 is 2.89 bits per heavy atom. The number of aromatic amines is 1. The first-order valence-electron chi connectivity index (χ1n) is 9.34. The van der Waals surface area contributed by atoms with Gasteiger partial charge in [0.05, 0.1) is 11.8 Å². The number of hydrogen-bond donors (Lipinski definition) is 3. The second kappa shape index (κ2) is 8.79. The number of aryl methyl sites for hydroxylation is 2. The Labute approximate surface area is 161 Å². The van der Waals surface area contributed by atoms with Gasteiger partial charge in [-0.15, -0.1) is 0 Å². The van der Waals surface area contributed by atoms with Crippen LogP contribution in [-0.2, 0) is 20.7 Å². The Bertz CT molecular complexity index is 913. The Kier molecular flexibility index (Phi) is 6.19. The molecule has 0 radical (unpaired) electrons. The van der Waals surface area contributed by atoms with Crippen molar-refractivity contribution in [1.29, 1.82) is 0 Å². The summed E-state index contributed by atoms with van der Waals surface area (Å²) in [5.41, 5.74) is 0.910. The van der Waals surface area contributed by atoms with Crippen molar-refractivity contribution in [3.63, 3.8) is 0 Å². The third kappa shape index (κ3) is 4.83. The van der Waals surface area contributed by atoms with Gasteiger partial charge in [0.15, 0.2) is 0 Å². The Hall–Kier alpha value is -3.01. The van der Waals surface area contributed by atoms with Gasteiger partial charge in [0.25, 0.3) is 5.56 Å². The molecule has 2 aromatic heterocycles. The first-order valence-corrected chi connectivity index (χ1v) is 9.34. The largest absolute Gasteiger partial charge is 0.376 e. The summed E-state index contributed by atoms with van der Waals surface area (Å²) in [7, 11) is 0. The topological polar surface area (TPSA) is 131 Å². The summed E-state index contributed by atoms with van der Waals surface area (Å²) in [5, 5.41) is 9.35. The van der Waals surface area contributed by atoms with Crippen LogP contribution in [0, 0.1) is 6.92 Å². The van der Waals surface area contributed by atoms with Crippen molar-refractivity contribution < 1.29 is 14.3 Å². The van der Waals surface area contributed by atoms with Crippen LogP contribution in [0.25, 0.3) is 5.95 Å². The highest BCUT2D eigenvalue weighted by Crippen LogP contribution is 2.14. The van der Waals surface area contributed by atoms with Crippen LogP contribution >= 0.6 is 0 Å². The van der Waals surface area contributed by atoms with Gasteiger partial charge in [-0.3, -0.25) is 19.4 Å². The van der Waals surface area contributed by atoms with E-state index in [0.29, 0.717) is 31.0 Å². The molecule has 150 valence electrons. The first kappa shape index (κ1) is 19.7. The van der Waals surface area contributed by atoms with Crippen molar-refractivity contribution in [2.24, 2.45) is 0 Å². The van der Waals surface area contributed by atoms with E-state index < -0.39 is 11.8 Å². The fraction of sp³-hybridized carbons (Fsp3) is 0.500. The summed E-state index contributed by atoms with van der Waals surface area (Å²) < 4.78 is 6.73. The molecule has 3 N–H and O–H groups in total. The van der Waals surface area contributed by atoms with E-state index in [0.717, 1.165) is 19.3 Å². The molecule has 0 aliphatic carbocycles. The molecule has 0 saturated carbocycles. The van der Waals surface area contributed by atoms with E-state index in [1.165, 1.54) is 10.7 Å². The molecule has 3 heterocycles. The van der Waals surface area contributed by atoms with Gasteiger partial charge in [-0.05, 0) is 26.2 Å². The second-order valence-electron chi connectivity index (χ2n) is 6.69. The number of hydrogen-bond acceptors (Lipinski definition) is 6. The number of amides is 2. The second-order valence-corrected chi connectivity index (χ2v) is 6.69. The van der Waals surface area contributed by atoms with Crippen LogP contribution in [0.3, 0.4) is 0 Å². The SMILES string of the molecule is CCCc1cc(=O)[nH]c(-n2nc(C)cc2NC(=O)C(=O)NC[C@@H]2CCCO2)n1. The highest BCUT2D eigenvalue weighted by atomic mass is 16.5. The fourth-order valence-electron chi connectivity index (χ4n) is 2.99. The fourth-order valence-corrected chi connectivity index (χ4v) is 2.99. The average molecular weight is 388 g/mol. The van der Waals surface area contributed by atoms with Crippen LogP contribution < -0.4 is 16.2 Å². The van der Waals surface area contributed by atoms with E-state index in [1.807, 2.05) is 6.92 Å². The lowest BCUT2D eigenvalue weighted by Crippen LogP contribution is -2.39. The zero-order chi connectivity index (χ0) is 20.1. The first-order chi connectivity index (χ1) is 13.5. The third-order valence-electron chi connectivity index (χ3n) is 4.28. The van der Waals surface area contributed by atoms with Gasteiger partial charge < -0.3 is 15.4 Å². The number of anilines is 1. The van der Waals surface area contributed by atoms with Crippen molar-refractivity contribution >= 4 is 17.6 Å². The van der Waals surface area contributed by atoms with E-state index in [9.17, 15) is 14.4 Å². The Morgan fingerprint density at radius 1 is 1.36 bits per heavy atom. The third-order valence-corrected chi connectivity index (χ3v) is 4.28. The molecule has 0 bridgehead atoms. The smallest absolute Gasteiger partial charge is 0.314 e. The molecule has 1 aliphatic heterocycles. The van der Waals surface area contributed by atoms with Crippen LogP contribution in [0.2, 0.25) is 0 Å². The van der Waals surface area contributed by atoms with Crippen LogP contribution in [-0.4, -0.2) is 50.8 Å². The highest BCUT2D eigenvalue weighted by molar-refractivity contribution is 6.39. The van der Waals surface area contributed by atoms with Crippen molar-refractivity contribution in [2.75, 3.05) is 18.5 Å². The van der Waals surface area contributed by atoms with E-state index in [2.05, 4.69) is 25.7 Å². The van der Waals surface area contributed by atoms with E-state index in [-0.39, 0.29) is 23.4 Å². The number of carbonyl (C=O) groups excluding carboxylic acids is 2. The standard InChI is InChI=1S/C18H24N6O4/c1-3-5-12-9-15(25)22-18(20-12)24-14(8-11(2)23-24)21-17(27)16(26)19-10-13-6-4-7-28-13/h8-9,13H,3-7,10H2,1-2H3,(H,19,26)(H,21,27)(H,20,22,25)/t13-/m0/s1. The number of ether oxygens (including phenoxy) is 1. The monoisotopic (exact) mass is 388 g/mol. The number of carbonyl (C=O) groups is 2. The van der Waals surface area contributed by atoms with Crippen LogP contribution in [0.15, 0.2) is 16.9 Å². The van der Waals surface area contributed by atoms with Crippen molar-refractivity contribution in [3.8, 4) is 5.95 Å². The summed E-state index contributed by atoms with van der Waals surface area (Å²) in [6.45, 7) is 4.69. The molecule has 1 atom stereocenters. The molecule has 3 rings (SSSR count). The van der Waals surface area contributed by atoms with E-state index in [4.69, 9.17) is 4.74 Å². The lowest BCUT2D eigenvalue weighted by atomic mass is 10.2. The zero-order valence-corrected chi connectivity index (χ0v) is 15.9. The normalized spacial score (nSPS) is 16.1. The summed E-state index contributed by atoms with van der Waals surface area (Å²) in [5.74, 6) is -1.17. The number of H-pyrrole nitrogens is 1. The van der Waals surface area contributed by atoms with Crippen molar-refractivity contribution in [3.05, 3.63) is 33.9 Å². The molecule has 1 fully saturated rings. The molecular formula is C18H24N6O4. The summed E-state index contributed by atoms with van der Waals surface area (Å²) in [6.07, 6.45) is 3.24. The van der Waals surface area contributed by atoms with Gasteiger partial charge in [-0.1, -0.05) is 13.3 Å². The van der Waals surface area contributed by atoms with Crippen molar-refractivity contribution in [2.45, 2.75) is 45.6 Å². The predicted molar refractivity (Wildman–Crippen MR) is 101 cm³/mol. The van der Waals surface area contributed by atoms with E-state index >= 15 is 0 Å². The molecule has 1 saturated heterocycles. The maximum Gasteiger partial charge on any atom is 0.314 e. The number of nitrogens with zero attached hydrogens (tertiary/aromatic N) is 3. The molecule has 0 unspecified atom stereocenters. The van der Waals surface area contributed by atoms with Crippen molar-refractivity contribution in [1.82, 2.24) is 25.1 Å². The highest BCUT2D eigenvalue weighted by Gasteiger charge is 2.21. The van der Waals surface area contributed by atoms with Gasteiger partial charge in [-0.2, -0.15) is 9.78 Å². The molecule has 10 heteroatoms. The molecule has 0 spiro atoms. The molecule has 2 amide bonds. The number of aromatic nitrogens is 4. The average Bonchev–Trinajstić information content (AvgIpc) is 3.29. The summed E-state index contributed by atoms with van der Waals surface area (Å²) in [4.78, 5) is 43.2. The minimum Gasteiger partial charge on any atom is -0.376 e. The van der Waals surface area contributed by atoms with Gasteiger partial charge in [0.1, 0.15) is 5.82 Å². The van der Waals surface area contributed by atoms with Crippen LogP contribution in [0.1, 0.15) is 37.6 Å². The molecule has 0 aromatic carbocycles. The quantitative estimate of drug-likeness (QED) is 0.616. The minimum absolute atomic E-state index is 0.0555. The number of rotatable bonds is 6. The zero-order valence-electron chi connectivity index (χ0n) is 15.9. The Morgan fingerprint density at radius 2 is 2.18 bits per heavy atom. The van der Waals surface area contributed by atoms with Crippen LogP contribution in [0.5, 0.6) is 0 Å². The van der Waals surface area contributed by atoms with Gasteiger partial charge >= 0.3 is 11.8 Å². The molecule has 28 heavy (non-hydrogen) atoms. The number of nitrogens with one attached hydrogen (secondary N) is 3. The van der Waals surface area contributed by atoms with Gasteiger partial charge in [0.2, 0.25) is 5.95 Å². The summed E-state index contributed by atoms with van der Waals surface area (Å²) in [6, 6.07) is 3.03. The van der Waals surface area contributed by atoms with Gasteiger partial charge in [0, 0.05) is 31.0 Å². The maximum atomic E-state index is 12.2. The molecule has 10 nitrogen and oxygen atoms in total.